The van der Waals surface area contributed by atoms with Gasteiger partial charge in [0.05, 0.1) is 11.7 Å². The van der Waals surface area contributed by atoms with Crippen molar-refractivity contribution in [3.05, 3.63) is 22.8 Å². The lowest BCUT2D eigenvalue weighted by molar-refractivity contribution is -0.0817. The number of halogens is 2. The van der Waals surface area contributed by atoms with Crippen molar-refractivity contribution in [3.63, 3.8) is 0 Å². The van der Waals surface area contributed by atoms with Gasteiger partial charge in [-0.25, -0.2) is 28.3 Å². The van der Waals surface area contributed by atoms with E-state index in [-0.39, 0.29) is 12.2 Å². The minimum atomic E-state index is -2.99. The summed E-state index contributed by atoms with van der Waals surface area (Å²) in [6.45, 7) is 8.03. The summed E-state index contributed by atoms with van der Waals surface area (Å²) in [4.78, 5) is 32.8. The van der Waals surface area contributed by atoms with Crippen LogP contribution in [-0.4, -0.2) is 50.1 Å². The third-order valence-electron chi connectivity index (χ3n) is 4.15. The summed E-state index contributed by atoms with van der Waals surface area (Å²) in [7, 11) is 0. The zero-order valence-electron chi connectivity index (χ0n) is 15.5. The number of nitrogens with zero attached hydrogens (tertiary/aromatic N) is 3. The number of alkyl halides is 2. The third kappa shape index (κ3) is 4.44. The maximum atomic E-state index is 14.1. The highest BCUT2D eigenvalue weighted by molar-refractivity contribution is 5.83. The minimum Gasteiger partial charge on any atom is -0.475 e. The van der Waals surface area contributed by atoms with Gasteiger partial charge in [-0.05, 0) is 40.2 Å². The number of carboxylic acid groups (broad SMARTS) is 1. The fourth-order valence-corrected chi connectivity index (χ4v) is 2.79. The zero-order chi connectivity index (χ0) is 19.9. The van der Waals surface area contributed by atoms with E-state index in [2.05, 4.69) is 9.97 Å². The number of carbonyl (C=O) groups excluding carboxylic acids is 1. The number of carbonyl (C=O) groups is 2. The molecular formula is C17H23F2N3O4. The zero-order valence-corrected chi connectivity index (χ0v) is 15.5. The molecule has 0 radical (unpaired) electrons. The Labute approximate surface area is 150 Å². The van der Waals surface area contributed by atoms with Crippen LogP contribution >= 0.6 is 0 Å². The van der Waals surface area contributed by atoms with Crippen molar-refractivity contribution in [1.82, 2.24) is 14.9 Å². The Morgan fingerprint density at radius 1 is 1.27 bits per heavy atom. The second-order valence-electron chi connectivity index (χ2n) is 7.45. The van der Waals surface area contributed by atoms with E-state index >= 15 is 0 Å². The first kappa shape index (κ1) is 20.0. The van der Waals surface area contributed by atoms with Gasteiger partial charge in [0.2, 0.25) is 5.82 Å². The predicted octanol–water partition coefficient (Wildman–Crippen LogP) is 3.50. The van der Waals surface area contributed by atoms with Crippen molar-refractivity contribution >= 4 is 12.1 Å². The summed E-state index contributed by atoms with van der Waals surface area (Å²) in [6, 6.07) is -1.09. The lowest BCUT2D eigenvalue weighted by atomic mass is 9.93. The van der Waals surface area contributed by atoms with Gasteiger partial charge in [-0.1, -0.05) is 0 Å². The largest absolute Gasteiger partial charge is 0.475 e. The number of ether oxygens (including phenoxy) is 1. The van der Waals surface area contributed by atoms with E-state index in [1.807, 2.05) is 0 Å². The van der Waals surface area contributed by atoms with Gasteiger partial charge in [-0.2, -0.15) is 0 Å². The van der Waals surface area contributed by atoms with Crippen LogP contribution in [0.4, 0.5) is 13.6 Å². The Morgan fingerprint density at radius 3 is 2.42 bits per heavy atom. The van der Waals surface area contributed by atoms with Gasteiger partial charge in [-0.15, -0.1) is 0 Å². The fraction of sp³-hybridized carbons (Fsp3) is 0.647. The van der Waals surface area contributed by atoms with Crippen LogP contribution in [0.3, 0.4) is 0 Å². The lowest BCUT2D eigenvalue weighted by Gasteiger charge is -2.40. The first-order valence-electron chi connectivity index (χ1n) is 8.26. The number of likely N-dealkylation sites (tertiary alicyclic amines) is 1. The topological polar surface area (TPSA) is 92.6 Å². The molecule has 1 amide bonds. The molecule has 1 aromatic rings. The quantitative estimate of drug-likeness (QED) is 0.855. The van der Waals surface area contributed by atoms with E-state index in [4.69, 9.17) is 4.74 Å². The number of hydrogen-bond donors (Lipinski definition) is 1. The Morgan fingerprint density at radius 2 is 1.88 bits per heavy atom. The van der Waals surface area contributed by atoms with E-state index in [1.165, 1.54) is 4.90 Å². The maximum absolute atomic E-state index is 14.1. The average Bonchev–Trinajstić information content (AvgIpc) is 2.46. The Kier molecular flexibility index (Phi) is 5.21. The van der Waals surface area contributed by atoms with E-state index in [0.717, 1.165) is 0 Å². The molecule has 1 saturated heterocycles. The molecule has 7 nitrogen and oxygen atoms in total. The summed E-state index contributed by atoms with van der Waals surface area (Å²) in [6.07, 6.45) is -1.87. The molecule has 0 aliphatic carbocycles. The number of aromatic nitrogens is 2. The van der Waals surface area contributed by atoms with Crippen molar-refractivity contribution in [1.29, 1.82) is 0 Å². The molecule has 0 bridgehead atoms. The number of aryl methyl sites for hydroxylation is 1. The van der Waals surface area contributed by atoms with Crippen LogP contribution in [-0.2, 0) is 4.74 Å². The predicted molar refractivity (Wildman–Crippen MR) is 88.3 cm³/mol. The normalized spacial score (nSPS) is 20.0. The number of carboxylic acids is 1. The van der Waals surface area contributed by atoms with Gasteiger partial charge >= 0.3 is 12.1 Å². The Hall–Kier alpha value is -2.32. The third-order valence-corrected chi connectivity index (χ3v) is 4.15. The molecule has 9 heteroatoms. The summed E-state index contributed by atoms with van der Waals surface area (Å²) in [5.41, 5.74) is 0.168. The summed E-state index contributed by atoms with van der Waals surface area (Å²) in [5.74, 6) is -4.83. The second-order valence-corrected chi connectivity index (χ2v) is 7.45. The van der Waals surface area contributed by atoms with Crippen LogP contribution in [0.25, 0.3) is 0 Å². The molecule has 2 rings (SSSR count). The molecule has 1 aromatic heterocycles. The lowest BCUT2D eigenvalue weighted by Crippen LogP contribution is -2.47. The van der Waals surface area contributed by atoms with Crippen LogP contribution in [0.5, 0.6) is 0 Å². The van der Waals surface area contributed by atoms with E-state index in [0.29, 0.717) is 11.3 Å². The second kappa shape index (κ2) is 6.77. The molecule has 1 N–H and O–H groups in total. The fourth-order valence-electron chi connectivity index (χ4n) is 2.79. The standard InChI is InChI=1S/C17H23F2N3O4/c1-9-10(2)20-13(14(23)24)21-12(9)11-8-17(18,19)6-7-22(11)15(25)26-16(3,4)5/h11H,6-8H2,1-5H3,(H,23,24). The van der Waals surface area contributed by atoms with Gasteiger partial charge in [0.25, 0.3) is 5.92 Å². The number of hydrogen-bond acceptors (Lipinski definition) is 5. The van der Waals surface area contributed by atoms with Gasteiger partial charge in [0, 0.05) is 25.1 Å². The molecule has 1 unspecified atom stereocenters. The summed E-state index contributed by atoms with van der Waals surface area (Å²) in [5, 5.41) is 9.18. The van der Waals surface area contributed by atoms with Crippen molar-refractivity contribution in [2.45, 2.75) is 65.0 Å². The highest BCUT2D eigenvalue weighted by Gasteiger charge is 2.45. The molecule has 1 atom stereocenters. The smallest absolute Gasteiger partial charge is 0.410 e. The monoisotopic (exact) mass is 371 g/mol. The van der Waals surface area contributed by atoms with E-state index in [1.54, 1.807) is 34.6 Å². The van der Waals surface area contributed by atoms with Crippen LogP contribution < -0.4 is 0 Å². The van der Waals surface area contributed by atoms with Gasteiger partial charge in [-0.3, -0.25) is 4.90 Å². The number of rotatable bonds is 2. The van der Waals surface area contributed by atoms with Crippen molar-refractivity contribution in [2.24, 2.45) is 0 Å². The molecule has 1 fully saturated rings. The molecule has 2 heterocycles. The molecule has 0 saturated carbocycles. The van der Waals surface area contributed by atoms with E-state index in [9.17, 15) is 23.5 Å². The summed E-state index contributed by atoms with van der Waals surface area (Å²) >= 11 is 0. The van der Waals surface area contributed by atoms with Gasteiger partial charge < -0.3 is 9.84 Å². The molecule has 1 aliphatic rings. The number of aromatic carboxylic acids is 1. The first-order chi connectivity index (χ1) is 11.8. The highest BCUT2D eigenvalue weighted by Crippen LogP contribution is 2.41. The SMILES string of the molecule is Cc1nc(C(=O)O)nc(C2CC(F)(F)CCN2C(=O)OC(C)(C)C)c1C. The number of amides is 1. The van der Waals surface area contributed by atoms with Gasteiger partial charge in [0.1, 0.15) is 5.60 Å². The molecular weight excluding hydrogens is 348 g/mol. The molecule has 0 spiro atoms. The van der Waals surface area contributed by atoms with Gasteiger partial charge in [0.15, 0.2) is 0 Å². The summed E-state index contributed by atoms with van der Waals surface area (Å²) < 4.78 is 33.5. The molecule has 144 valence electrons. The molecule has 1 aliphatic heterocycles. The van der Waals surface area contributed by atoms with Crippen molar-refractivity contribution in [2.75, 3.05) is 6.54 Å². The Balaban J connectivity index is 2.50. The first-order valence-corrected chi connectivity index (χ1v) is 8.26. The minimum absolute atomic E-state index is 0.111. The van der Waals surface area contributed by atoms with Crippen LogP contribution in [0.2, 0.25) is 0 Å². The van der Waals surface area contributed by atoms with Crippen molar-refractivity contribution < 1.29 is 28.2 Å². The average molecular weight is 371 g/mol. The van der Waals surface area contributed by atoms with Crippen LogP contribution in [0.15, 0.2) is 0 Å². The number of piperidine rings is 1. The van der Waals surface area contributed by atoms with E-state index < -0.39 is 48.3 Å². The van der Waals surface area contributed by atoms with Crippen LogP contribution in [0, 0.1) is 13.8 Å². The van der Waals surface area contributed by atoms with Crippen molar-refractivity contribution in [3.8, 4) is 0 Å². The molecule has 26 heavy (non-hydrogen) atoms. The van der Waals surface area contributed by atoms with Crippen LogP contribution in [0.1, 0.15) is 67.2 Å². The maximum Gasteiger partial charge on any atom is 0.410 e. The molecule has 0 aromatic carbocycles. The Bertz CT molecular complexity index is 731. The highest BCUT2D eigenvalue weighted by atomic mass is 19.3.